The molecule has 2 heterocycles. The molecule has 2 amide bonds. The number of nitrogens with one attached hydrogen (secondary N) is 2. The summed E-state index contributed by atoms with van der Waals surface area (Å²) in [5.74, 6) is -1.10. The number of alkyl halides is 6. The molecule has 48 heavy (non-hydrogen) atoms. The molecule has 0 spiro atoms. The van der Waals surface area contributed by atoms with E-state index in [1.54, 1.807) is 6.07 Å². The molecule has 7 nitrogen and oxygen atoms in total. The van der Waals surface area contributed by atoms with Crippen LogP contribution in [0.5, 0.6) is 0 Å². The van der Waals surface area contributed by atoms with Crippen LogP contribution in [0.25, 0.3) is 0 Å². The number of carbonyl (C=O) groups is 2. The van der Waals surface area contributed by atoms with Crippen LogP contribution < -0.4 is 15.5 Å². The average Bonchev–Trinajstić information content (AvgIpc) is 3.07. The molecule has 0 atom stereocenters. The maximum absolute atomic E-state index is 13.5. The van der Waals surface area contributed by atoms with E-state index < -0.39 is 40.9 Å². The molecule has 0 aliphatic carbocycles. The highest BCUT2D eigenvalue weighted by Crippen LogP contribution is 2.37. The van der Waals surface area contributed by atoms with Crippen molar-refractivity contribution in [3.05, 3.63) is 94.5 Å². The second-order valence-corrected chi connectivity index (χ2v) is 12.2. The van der Waals surface area contributed by atoms with Gasteiger partial charge in [-0.05, 0) is 80.1 Å². The Hall–Kier alpha value is -4.10. The summed E-state index contributed by atoms with van der Waals surface area (Å²) in [6, 6.07) is 15.5. The lowest BCUT2D eigenvalue weighted by Gasteiger charge is -2.35. The van der Waals surface area contributed by atoms with Crippen molar-refractivity contribution in [2.24, 2.45) is 5.92 Å². The summed E-state index contributed by atoms with van der Waals surface area (Å²) in [5.41, 5.74) is -1.79. The molecule has 0 unspecified atom stereocenters. The van der Waals surface area contributed by atoms with Crippen LogP contribution in [0.15, 0.2) is 66.7 Å². The minimum Gasteiger partial charge on any atom is -0.379 e. The average molecular weight is 677 g/mol. The van der Waals surface area contributed by atoms with Gasteiger partial charge in [-0.1, -0.05) is 30.3 Å². The predicted octanol–water partition coefficient (Wildman–Crippen LogP) is 6.89. The Labute approximate surface area is 275 Å². The molecule has 0 bridgehead atoms. The second-order valence-electron chi connectivity index (χ2n) is 12.2. The van der Waals surface area contributed by atoms with Gasteiger partial charge in [0.05, 0.1) is 29.9 Å². The number of hydrogen-bond donors (Lipinski definition) is 2. The van der Waals surface area contributed by atoms with Crippen LogP contribution in [0.1, 0.15) is 56.7 Å². The van der Waals surface area contributed by atoms with Gasteiger partial charge in [-0.15, -0.1) is 0 Å². The second kappa shape index (κ2) is 15.4. The van der Waals surface area contributed by atoms with Gasteiger partial charge in [-0.25, -0.2) is 0 Å². The fourth-order valence-corrected chi connectivity index (χ4v) is 6.11. The Bertz CT molecular complexity index is 1520. The predicted molar refractivity (Wildman–Crippen MR) is 170 cm³/mol. The van der Waals surface area contributed by atoms with Gasteiger partial charge in [-0.3, -0.25) is 14.5 Å². The van der Waals surface area contributed by atoms with Gasteiger partial charge in [-0.2, -0.15) is 26.3 Å². The van der Waals surface area contributed by atoms with Gasteiger partial charge in [0.1, 0.15) is 0 Å². The van der Waals surface area contributed by atoms with E-state index in [0.717, 1.165) is 38.9 Å². The molecule has 3 aromatic carbocycles. The summed E-state index contributed by atoms with van der Waals surface area (Å²) in [7, 11) is 0. The van der Waals surface area contributed by atoms with Crippen molar-refractivity contribution in [3.63, 3.8) is 0 Å². The van der Waals surface area contributed by atoms with E-state index in [9.17, 15) is 35.9 Å². The lowest BCUT2D eigenvalue weighted by molar-refractivity contribution is -0.143. The zero-order chi connectivity index (χ0) is 34.3. The van der Waals surface area contributed by atoms with Crippen molar-refractivity contribution < 1.29 is 40.7 Å². The molecule has 2 fully saturated rings. The molecule has 5 rings (SSSR count). The van der Waals surface area contributed by atoms with E-state index in [1.165, 1.54) is 17.7 Å². The van der Waals surface area contributed by atoms with Gasteiger partial charge in [0, 0.05) is 49.7 Å². The minimum atomic E-state index is -5.10. The Balaban J connectivity index is 1.33. The molecule has 2 saturated heterocycles. The Morgan fingerprint density at radius 1 is 0.792 bits per heavy atom. The number of anilines is 2. The topological polar surface area (TPSA) is 73.9 Å². The summed E-state index contributed by atoms with van der Waals surface area (Å²) in [4.78, 5) is 30.9. The molecule has 13 heteroatoms. The van der Waals surface area contributed by atoms with E-state index in [2.05, 4.69) is 32.6 Å². The van der Waals surface area contributed by atoms with Crippen LogP contribution in [0, 0.1) is 5.92 Å². The van der Waals surface area contributed by atoms with E-state index in [4.69, 9.17) is 4.74 Å². The van der Waals surface area contributed by atoms with Crippen LogP contribution in [-0.2, 0) is 23.5 Å². The molecule has 0 radical (unpaired) electrons. The number of amides is 2. The number of ether oxygens (including phenoxy) is 1. The summed E-state index contributed by atoms with van der Waals surface area (Å²) in [6.07, 6.45) is -6.77. The molecule has 0 saturated carbocycles. The van der Waals surface area contributed by atoms with Crippen molar-refractivity contribution in [1.29, 1.82) is 0 Å². The first kappa shape index (κ1) is 35.2. The Morgan fingerprint density at radius 3 is 2.06 bits per heavy atom. The summed E-state index contributed by atoms with van der Waals surface area (Å²) in [6.45, 7) is 5.49. The first-order chi connectivity index (χ1) is 22.9. The lowest BCUT2D eigenvalue weighted by Crippen LogP contribution is -2.38. The van der Waals surface area contributed by atoms with Crippen LogP contribution >= 0.6 is 0 Å². The molecule has 2 aliphatic rings. The highest BCUT2D eigenvalue weighted by Gasteiger charge is 2.37. The van der Waals surface area contributed by atoms with Gasteiger partial charge < -0.3 is 20.3 Å². The number of carbonyl (C=O) groups excluding carboxylic acids is 2. The van der Waals surface area contributed by atoms with Crippen molar-refractivity contribution in [2.75, 3.05) is 62.7 Å². The van der Waals surface area contributed by atoms with Crippen LogP contribution in [0.3, 0.4) is 0 Å². The summed E-state index contributed by atoms with van der Waals surface area (Å²) >= 11 is 0. The number of piperidine rings is 1. The minimum absolute atomic E-state index is 0.0316. The zero-order valence-electron chi connectivity index (χ0n) is 26.3. The van der Waals surface area contributed by atoms with Gasteiger partial charge in [0.2, 0.25) is 0 Å². The van der Waals surface area contributed by atoms with Crippen molar-refractivity contribution in [1.82, 2.24) is 10.2 Å². The number of benzene rings is 3. The Morgan fingerprint density at radius 2 is 1.44 bits per heavy atom. The standard InChI is InChI=1S/C35H38F6N4O3/c36-34(37,38)27-20-26(21-28(22-27)35(39,40)41)32(46)43-29-7-8-31(45-13-9-25(10-14-45)19-24-5-2-1-3-6-24)30(23-29)33(47)42-11-4-12-44-15-17-48-18-16-44/h1-3,5-8,20-23,25H,4,9-19H2,(H,42,47)(H,43,46). The summed E-state index contributed by atoms with van der Waals surface area (Å²) in [5, 5.41) is 5.33. The molecule has 258 valence electrons. The van der Waals surface area contributed by atoms with Gasteiger partial charge >= 0.3 is 12.4 Å². The molecule has 3 aromatic rings. The smallest absolute Gasteiger partial charge is 0.379 e. The van der Waals surface area contributed by atoms with Crippen molar-refractivity contribution in [3.8, 4) is 0 Å². The van der Waals surface area contributed by atoms with E-state index >= 15 is 0 Å². The quantitative estimate of drug-likeness (QED) is 0.181. The van der Waals surface area contributed by atoms with E-state index in [-0.39, 0.29) is 17.3 Å². The Kier molecular flexibility index (Phi) is 11.3. The normalized spacial score (nSPS) is 16.5. The molecular weight excluding hydrogens is 638 g/mol. The first-order valence-electron chi connectivity index (χ1n) is 16.0. The van der Waals surface area contributed by atoms with Crippen LogP contribution in [0.4, 0.5) is 37.7 Å². The molecule has 0 aromatic heterocycles. The number of rotatable bonds is 10. The maximum Gasteiger partial charge on any atom is 0.416 e. The monoisotopic (exact) mass is 676 g/mol. The number of nitrogens with zero attached hydrogens (tertiary/aromatic N) is 2. The van der Waals surface area contributed by atoms with Crippen molar-refractivity contribution >= 4 is 23.2 Å². The van der Waals surface area contributed by atoms with Gasteiger partial charge in [0.25, 0.3) is 11.8 Å². The number of morpholine rings is 1. The number of halogens is 6. The SMILES string of the molecule is O=C(Nc1ccc(N2CCC(Cc3ccccc3)CC2)c(C(=O)NCCCN2CCOCC2)c1)c1cc(C(F)(F)F)cc(C(F)(F)F)c1. The van der Waals surface area contributed by atoms with Crippen molar-refractivity contribution in [2.45, 2.75) is 38.0 Å². The molecular formula is C35H38F6N4O3. The maximum atomic E-state index is 13.5. The third-order valence-corrected chi connectivity index (χ3v) is 8.71. The highest BCUT2D eigenvalue weighted by atomic mass is 19.4. The molecule has 2 N–H and O–H groups in total. The number of hydrogen-bond acceptors (Lipinski definition) is 5. The fraction of sp³-hybridized carbons (Fsp3) is 0.429. The summed E-state index contributed by atoms with van der Waals surface area (Å²) < 4.78 is 85.8. The first-order valence-corrected chi connectivity index (χ1v) is 16.0. The largest absolute Gasteiger partial charge is 0.416 e. The fourth-order valence-electron chi connectivity index (χ4n) is 6.11. The van der Waals surface area contributed by atoms with Gasteiger partial charge in [0.15, 0.2) is 0 Å². The third kappa shape index (κ3) is 9.50. The van der Waals surface area contributed by atoms with E-state index in [0.29, 0.717) is 63.0 Å². The van der Waals surface area contributed by atoms with Crippen LogP contribution in [-0.4, -0.2) is 69.2 Å². The van der Waals surface area contributed by atoms with Crippen LogP contribution in [0.2, 0.25) is 0 Å². The highest BCUT2D eigenvalue weighted by molar-refractivity contribution is 6.06. The lowest BCUT2D eigenvalue weighted by atomic mass is 9.89. The molecule has 2 aliphatic heterocycles. The zero-order valence-corrected chi connectivity index (χ0v) is 26.3. The third-order valence-electron chi connectivity index (χ3n) is 8.71. The van der Waals surface area contributed by atoms with E-state index in [1.807, 2.05) is 18.2 Å².